The standard InChI is InChI=1S/C10H18N2O2/c1-10(14)6-12(7-10)9(13)5-8-3-2-4-11-8/h8,11,14H,2-7H2,1H3. The Balaban J connectivity index is 1.74. The second-order valence-corrected chi connectivity index (χ2v) is 4.74. The number of aliphatic hydroxyl groups is 1. The van der Waals surface area contributed by atoms with E-state index in [9.17, 15) is 9.90 Å². The highest BCUT2D eigenvalue weighted by molar-refractivity contribution is 5.78. The second kappa shape index (κ2) is 3.51. The molecule has 4 heteroatoms. The van der Waals surface area contributed by atoms with Crippen molar-refractivity contribution in [2.45, 2.75) is 37.8 Å². The Bertz CT molecular complexity index is 226. The van der Waals surface area contributed by atoms with E-state index in [1.54, 1.807) is 11.8 Å². The molecule has 14 heavy (non-hydrogen) atoms. The van der Waals surface area contributed by atoms with Gasteiger partial charge < -0.3 is 15.3 Å². The number of likely N-dealkylation sites (tertiary alicyclic amines) is 1. The topological polar surface area (TPSA) is 52.6 Å². The maximum atomic E-state index is 11.6. The number of hydrogen-bond donors (Lipinski definition) is 2. The van der Waals surface area contributed by atoms with Crippen LogP contribution in [-0.4, -0.2) is 47.2 Å². The van der Waals surface area contributed by atoms with Gasteiger partial charge in [-0.3, -0.25) is 4.79 Å². The van der Waals surface area contributed by atoms with Crippen LogP contribution in [0.5, 0.6) is 0 Å². The summed E-state index contributed by atoms with van der Waals surface area (Å²) in [6.45, 7) is 3.80. The molecule has 0 aromatic heterocycles. The fourth-order valence-corrected chi connectivity index (χ4v) is 2.22. The molecule has 0 aliphatic carbocycles. The lowest BCUT2D eigenvalue weighted by molar-refractivity contribution is -0.152. The first-order valence-corrected chi connectivity index (χ1v) is 5.30. The molecule has 0 radical (unpaired) electrons. The van der Waals surface area contributed by atoms with Crippen LogP contribution in [0.4, 0.5) is 0 Å². The lowest BCUT2D eigenvalue weighted by Gasteiger charge is -2.44. The number of nitrogens with one attached hydrogen (secondary N) is 1. The molecular formula is C10H18N2O2. The van der Waals surface area contributed by atoms with Crippen molar-refractivity contribution in [1.29, 1.82) is 0 Å². The highest BCUT2D eigenvalue weighted by atomic mass is 16.3. The minimum absolute atomic E-state index is 0.177. The first-order valence-electron chi connectivity index (χ1n) is 5.30. The summed E-state index contributed by atoms with van der Waals surface area (Å²) < 4.78 is 0. The minimum Gasteiger partial charge on any atom is -0.386 e. The van der Waals surface area contributed by atoms with Gasteiger partial charge in [-0.1, -0.05) is 0 Å². The average Bonchev–Trinajstić information content (AvgIpc) is 2.52. The number of rotatable bonds is 2. The molecule has 0 aromatic rings. The summed E-state index contributed by atoms with van der Waals surface area (Å²) in [5.74, 6) is 0.177. The highest BCUT2D eigenvalue weighted by Crippen LogP contribution is 2.21. The molecule has 2 aliphatic rings. The molecule has 1 amide bonds. The van der Waals surface area contributed by atoms with Crippen LogP contribution in [0.1, 0.15) is 26.2 Å². The van der Waals surface area contributed by atoms with Gasteiger partial charge in [0.2, 0.25) is 5.91 Å². The van der Waals surface area contributed by atoms with E-state index < -0.39 is 5.60 Å². The normalized spacial score (nSPS) is 30.1. The van der Waals surface area contributed by atoms with Gasteiger partial charge in [-0.25, -0.2) is 0 Å². The molecule has 2 fully saturated rings. The van der Waals surface area contributed by atoms with E-state index in [1.807, 2.05) is 0 Å². The van der Waals surface area contributed by atoms with Gasteiger partial charge in [0.15, 0.2) is 0 Å². The molecule has 4 nitrogen and oxygen atoms in total. The van der Waals surface area contributed by atoms with Gasteiger partial charge in [0.05, 0.1) is 18.7 Å². The number of amides is 1. The Kier molecular flexibility index (Phi) is 2.49. The molecule has 0 saturated carbocycles. The lowest BCUT2D eigenvalue weighted by atomic mass is 9.96. The van der Waals surface area contributed by atoms with E-state index in [1.165, 1.54) is 6.42 Å². The molecular weight excluding hydrogens is 180 g/mol. The maximum Gasteiger partial charge on any atom is 0.224 e. The summed E-state index contributed by atoms with van der Waals surface area (Å²) in [6.07, 6.45) is 2.88. The molecule has 2 N–H and O–H groups in total. The fraction of sp³-hybridized carbons (Fsp3) is 0.900. The Morgan fingerprint density at radius 3 is 2.86 bits per heavy atom. The van der Waals surface area contributed by atoms with Crippen LogP contribution in [0, 0.1) is 0 Å². The second-order valence-electron chi connectivity index (χ2n) is 4.74. The third kappa shape index (κ3) is 2.07. The monoisotopic (exact) mass is 198 g/mol. The number of nitrogens with zero attached hydrogens (tertiary/aromatic N) is 1. The summed E-state index contributed by atoms with van der Waals surface area (Å²) in [5.41, 5.74) is -0.640. The minimum atomic E-state index is -0.640. The SMILES string of the molecule is CC1(O)CN(C(=O)CC2CCCN2)C1. The molecule has 1 atom stereocenters. The van der Waals surface area contributed by atoms with Crippen LogP contribution in [0.3, 0.4) is 0 Å². The smallest absolute Gasteiger partial charge is 0.224 e. The van der Waals surface area contributed by atoms with E-state index in [4.69, 9.17) is 0 Å². The molecule has 80 valence electrons. The molecule has 2 aliphatic heterocycles. The van der Waals surface area contributed by atoms with E-state index >= 15 is 0 Å². The van der Waals surface area contributed by atoms with E-state index in [-0.39, 0.29) is 5.91 Å². The van der Waals surface area contributed by atoms with Crippen LogP contribution in [0.2, 0.25) is 0 Å². The zero-order chi connectivity index (χ0) is 10.2. The predicted octanol–water partition coefficient (Wildman–Crippen LogP) is -0.278. The van der Waals surface area contributed by atoms with Gasteiger partial charge in [-0.2, -0.15) is 0 Å². The van der Waals surface area contributed by atoms with Gasteiger partial charge >= 0.3 is 0 Å². The molecule has 0 spiro atoms. The zero-order valence-electron chi connectivity index (χ0n) is 8.62. The van der Waals surface area contributed by atoms with Crippen molar-refractivity contribution in [2.24, 2.45) is 0 Å². The zero-order valence-corrected chi connectivity index (χ0v) is 8.62. The summed E-state index contributed by atoms with van der Waals surface area (Å²) in [6, 6.07) is 0.369. The van der Waals surface area contributed by atoms with Crippen molar-refractivity contribution in [3.05, 3.63) is 0 Å². The van der Waals surface area contributed by atoms with Crippen molar-refractivity contribution in [2.75, 3.05) is 19.6 Å². The van der Waals surface area contributed by atoms with Crippen molar-refractivity contribution >= 4 is 5.91 Å². The van der Waals surface area contributed by atoms with Gasteiger partial charge in [0, 0.05) is 12.5 Å². The third-order valence-electron chi connectivity index (χ3n) is 3.00. The van der Waals surface area contributed by atoms with Gasteiger partial charge in [0.25, 0.3) is 0 Å². The lowest BCUT2D eigenvalue weighted by Crippen LogP contribution is -2.62. The number of hydrogen-bond acceptors (Lipinski definition) is 3. The number of carbonyl (C=O) groups excluding carboxylic acids is 1. The predicted molar refractivity (Wildman–Crippen MR) is 52.8 cm³/mol. The van der Waals surface area contributed by atoms with Gasteiger partial charge in [-0.05, 0) is 26.3 Å². The van der Waals surface area contributed by atoms with Crippen molar-refractivity contribution in [3.63, 3.8) is 0 Å². The Hall–Kier alpha value is -0.610. The Labute approximate surface area is 84.3 Å². The van der Waals surface area contributed by atoms with Gasteiger partial charge in [-0.15, -0.1) is 0 Å². The third-order valence-corrected chi connectivity index (χ3v) is 3.00. The number of β-amino-alcohol motifs (C(OH)–C–C–N with tert-alkyl or cyclic N) is 1. The average molecular weight is 198 g/mol. The molecule has 0 bridgehead atoms. The van der Waals surface area contributed by atoms with Crippen LogP contribution in [0.15, 0.2) is 0 Å². The molecule has 0 aromatic carbocycles. The van der Waals surface area contributed by atoms with Crippen LogP contribution in [-0.2, 0) is 4.79 Å². The van der Waals surface area contributed by atoms with Crippen molar-refractivity contribution in [1.82, 2.24) is 10.2 Å². The summed E-state index contributed by atoms with van der Waals surface area (Å²) in [7, 11) is 0. The summed E-state index contributed by atoms with van der Waals surface area (Å²) in [4.78, 5) is 13.4. The molecule has 2 saturated heterocycles. The first-order chi connectivity index (χ1) is 6.57. The van der Waals surface area contributed by atoms with Crippen molar-refractivity contribution < 1.29 is 9.90 Å². The summed E-state index contributed by atoms with van der Waals surface area (Å²) in [5, 5.41) is 12.8. The van der Waals surface area contributed by atoms with Crippen molar-refractivity contribution in [3.8, 4) is 0 Å². The quantitative estimate of drug-likeness (QED) is 0.642. The molecule has 2 rings (SSSR count). The van der Waals surface area contributed by atoms with Crippen LogP contribution < -0.4 is 5.32 Å². The fourth-order valence-electron chi connectivity index (χ4n) is 2.22. The van der Waals surface area contributed by atoms with Crippen LogP contribution in [0.25, 0.3) is 0 Å². The molecule has 1 unspecified atom stereocenters. The highest BCUT2D eigenvalue weighted by Gasteiger charge is 2.39. The number of carbonyl (C=O) groups is 1. The molecule has 2 heterocycles. The largest absolute Gasteiger partial charge is 0.386 e. The van der Waals surface area contributed by atoms with Gasteiger partial charge in [0.1, 0.15) is 0 Å². The van der Waals surface area contributed by atoms with E-state index in [2.05, 4.69) is 5.32 Å². The maximum absolute atomic E-state index is 11.6. The van der Waals surface area contributed by atoms with E-state index in [0.717, 1.165) is 13.0 Å². The summed E-state index contributed by atoms with van der Waals surface area (Å²) >= 11 is 0. The first kappa shape index (κ1) is 9.93. The Morgan fingerprint density at radius 1 is 1.64 bits per heavy atom. The van der Waals surface area contributed by atoms with E-state index in [0.29, 0.717) is 25.6 Å². The van der Waals surface area contributed by atoms with Crippen LogP contribution >= 0.6 is 0 Å². The Morgan fingerprint density at radius 2 is 2.36 bits per heavy atom.